The minimum atomic E-state index is -3.13. The molecule has 0 spiro atoms. The highest BCUT2D eigenvalue weighted by molar-refractivity contribution is 7.88. The molecule has 8 heteroatoms. The maximum atomic E-state index is 11.7. The van der Waals surface area contributed by atoms with Gasteiger partial charge in [-0.1, -0.05) is 5.16 Å². The van der Waals surface area contributed by atoms with Gasteiger partial charge in [-0.05, 0) is 26.7 Å². The average molecular weight is 336 g/mol. The lowest BCUT2D eigenvalue weighted by molar-refractivity contribution is 0.318. The predicted molar refractivity (Wildman–Crippen MR) is 85.4 cm³/mol. The minimum Gasteiger partial charge on any atom is -0.356 e. The third kappa shape index (κ3) is 3.42. The van der Waals surface area contributed by atoms with Crippen LogP contribution in [0.3, 0.4) is 0 Å². The van der Waals surface area contributed by atoms with E-state index in [1.807, 2.05) is 19.9 Å². The van der Waals surface area contributed by atoms with Gasteiger partial charge in [-0.15, -0.1) is 0 Å². The Morgan fingerprint density at radius 3 is 2.52 bits per heavy atom. The molecule has 3 rings (SSSR count). The summed E-state index contributed by atoms with van der Waals surface area (Å²) in [5.74, 6) is 1.55. The zero-order valence-corrected chi connectivity index (χ0v) is 14.3. The number of aryl methyl sites for hydroxylation is 2. The normalized spacial score (nSPS) is 17.5. The first kappa shape index (κ1) is 16.1. The molecule has 0 atom stereocenters. The molecule has 2 aromatic heterocycles. The van der Waals surface area contributed by atoms with E-state index in [0.29, 0.717) is 24.7 Å². The fraction of sp³-hybridized carbons (Fsp3) is 0.533. The molecule has 1 aliphatic heterocycles. The largest absolute Gasteiger partial charge is 0.356 e. The van der Waals surface area contributed by atoms with E-state index >= 15 is 0 Å². The third-order valence-electron chi connectivity index (χ3n) is 4.14. The highest BCUT2D eigenvalue weighted by atomic mass is 32.2. The van der Waals surface area contributed by atoms with Gasteiger partial charge in [0.15, 0.2) is 5.76 Å². The number of aromatic nitrogens is 3. The zero-order chi connectivity index (χ0) is 16.6. The second-order valence-corrected chi connectivity index (χ2v) is 7.97. The first-order valence-corrected chi connectivity index (χ1v) is 9.42. The van der Waals surface area contributed by atoms with Gasteiger partial charge in [-0.25, -0.2) is 22.7 Å². The molecule has 2 aromatic rings. The van der Waals surface area contributed by atoms with Gasteiger partial charge in [0.1, 0.15) is 5.82 Å². The van der Waals surface area contributed by atoms with Crippen LogP contribution in [0.5, 0.6) is 0 Å². The van der Waals surface area contributed by atoms with E-state index in [0.717, 1.165) is 29.8 Å². The van der Waals surface area contributed by atoms with Gasteiger partial charge >= 0.3 is 0 Å². The zero-order valence-electron chi connectivity index (χ0n) is 13.5. The molecule has 1 fully saturated rings. The Morgan fingerprint density at radius 2 is 1.96 bits per heavy atom. The van der Waals surface area contributed by atoms with E-state index in [1.165, 1.54) is 10.6 Å². The van der Waals surface area contributed by atoms with E-state index in [4.69, 9.17) is 4.52 Å². The van der Waals surface area contributed by atoms with Crippen molar-refractivity contribution >= 4 is 10.0 Å². The summed E-state index contributed by atoms with van der Waals surface area (Å²) in [7, 11) is -3.13. The van der Waals surface area contributed by atoms with E-state index < -0.39 is 10.0 Å². The van der Waals surface area contributed by atoms with E-state index in [2.05, 4.69) is 15.1 Å². The number of rotatable bonds is 3. The quantitative estimate of drug-likeness (QED) is 0.850. The summed E-state index contributed by atoms with van der Waals surface area (Å²) < 4.78 is 30.2. The molecule has 23 heavy (non-hydrogen) atoms. The summed E-state index contributed by atoms with van der Waals surface area (Å²) in [6, 6.07) is 1.86. The standard InChI is InChI=1S/C15H20N4O3S/c1-10-8-14(22-18-10)13-9-16-11(2)17-15(13)12-4-6-19(7-5-12)23(3,20)21/h8-9,12H,4-7H2,1-3H3. The van der Waals surface area contributed by atoms with Crippen LogP contribution in [-0.4, -0.2) is 47.2 Å². The van der Waals surface area contributed by atoms with Gasteiger partial charge in [0, 0.05) is 31.3 Å². The van der Waals surface area contributed by atoms with Crippen LogP contribution in [0.4, 0.5) is 0 Å². The number of hydrogen-bond donors (Lipinski definition) is 0. The van der Waals surface area contributed by atoms with Crippen LogP contribution < -0.4 is 0 Å². The van der Waals surface area contributed by atoms with Crippen molar-refractivity contribution in [2.75, 3.05) is 19.3 Å². The molecule has 1 saturated heterocycles. The Morgan fingerprint density at radius 1 is 1.26 bits per heavy atom. The van der Waals surface area contributed by atoms with Crippen molar-refractivity contribution in [2.45, 2.75) is 32.6 Å². The van der Waals surface area contributed by atoms with Crippen LogP contribution in [0.25, 0.3) is 11.3 Å². The second kappa shape index (κ2) is 6.01. The molecule has 0 bridgehead atoms. The molecule has 0 saturated carbocycles. The van der Waals surface area contributed by atoms with Crippen molar-refractivity contribution in [1.82, 2.24) is 19.4 Å². The molecule has 0 amide bonds. The van der Waals surface area contributed by atoms with Crippen molar-refractivity contribution in [2.24, 2.45) is 0 Å². The third-order valence-corrected chi connectivity index (χ3v) is 5.44. The Balaban J connectivity index is 1.90. The van der Waals surface area contributed by atoms with E-state index in [-0.39, 0.29) is 5.92 Å². The van der Waals surface area contributed by atoms with Gasteiger partial charge in [0.25, 0.3) is 0 Å². The highest BCUT2D eigenvalue weighted by Gasteiger charge is 2.29. The van der Waals surface area contributed by atoms with Gasteiger partial charge in [-0.3, -0.25) is 0 Å². The van der Waals surface area contributed by atoms with Gasteiger partial charge in [0.05, 0.1) is 23.2 Å². The average Bonchev–Trinajstić information content (AvgIpc) is 2.93. The van der Waals surface area contributed by atoms with Crippen molar-refractivity contribution in [1.29, 1.82) is 0 Å². The number of nitrogens with zero attached hydrogens (tertiary/aromatic N) is 4. The summed E-state index contributed by atoms with van der Waals surface area (Å²) >= 11 is 0. The molecule has 3 heterocycles. The molecule has 0 aromatic carbocycles. The second-order valence-electron chi connectivity index (χ2n) is 5.98. The van der Waals surface area contributed by atoms with Crippen LogP contribution >= 0.6 is 0 Å². The lowest BCUT2D eigenvalue weighted by Crippen LogP contribution is -2.37. The Hall–Kier alpha value is -1.80. The van der Waals surface area contributed by atoms with Crippen LogP contribution in [0, 0.1) is 13.8 Å². The predicted octanol–water partition coefficient (Wildman–Crippen LogP) is 1.89. The van der Waals surface area contributed by atoms with Crippen LogP contribution in [0.2, 0.25) is 0 Å². The Labute approximate surface area is 135 Å². The summed E-state index contributed by atoms with van der Waals surface area (Å²) in [6.07, 6.45) is 4.50. The highest BCUT2D eigenvalue weighted by Crippen LogP contribution is 2.34. The fourth-order valence-electron chi connectivity index (χ4n) is 2.94. The lowest BCUT2D eigenvalue weighted by atomic mass is 9.91. The molecule has 7 nitrogen and oxygen atoms in total. The van der Waals surface area contributed by atoms with Gasteiger partial charge in [-0.2, -0.15) is 0 Å². The van der Waals surface area contributed by atoms with Crippen LogP contribution in [-0.2, 0) is 10.0 Å². The van der Waals surface area contributed by atoms with Crippen LogP contribution in [0.15, 0.2) is 16.8 Å². The monoisotopic (exact) mass is 336 g/mol. The van der Waals surface area contributed by atoms with Crippen LogP contribution in [0.1, 0.15) is 36.0 Å². The number of hydrogen-bond acceptors (Lipinski definition) is 6. The summed E-state index contributed by atoms with van der Waals surface area (Å²) in [6.45, 7) is 4.75. The summed E-state index contributed by atoms with van der Waals surface area (Å²) in [4.78, 5) is 8.87. The Bertz CT molecular complexity index is 808. The first-order chi connectivity index (χ1) is 10.8. The Kier molecular flexibility index (Phi) is 4.20. The number of piperidine rings is 1. The van der Waals surface area contributed by atoms with Crippen molar-refractivity contribution < 1.29 is 12.9 Å². The first-order valence-electron chi connectivity index (χ1n) is 7.57. The van der Waals surface area contributed by atoms with E-state index in [9.17, 15) is 8.42 Å². The molecule has 124 valence electrons. The fourth-order valence-corrected chi connectivity index (χ4v) is 3.81. The smallest absolute Gasteiger partial charge is 0.211 e. The maximum Gasteiger partial charge on any atom is 0.211 e. The molecule has 0 unspecified atom stereocenters. The topological polar surface area (TPSA) is 89.2 Å². The van der Waals surface area contributed by atoms with Crippen molar-refractivity contribution in [3.8, 4) is 11.3 Å². The summed E-state index contributed by atoms with van der Waals surface area (Å²) in [5.41, 5.74) is 2.56. The molecule has 0 aliphatic carbocycles. The SMILES string of the molecule is Cc1cc(-c2cnc(C)nc2C2CCN(S(C)(=O)=O)CC2)on1. The maximum absolute atomic E-state index is 11.7. The van der Waals surface area contributed by atoms with E-state index in [1.54, 1.807) is 6.20 Å². The minimum absolute atomic E-state index is 0.190. The molecular formula is C15H20N4O3S. The molecular weight excluding hydrogens is 316 g/mol. The van der Waals surface area contributed by atoms with Crippen molar-refractivity contribution in [3.05, 3.63) is 29.5 Å². The van der Waals surface area contributed by atoms with Gasteiger partial charge < -0.3 is 4.52 Å². The molecule has 1 aliphatic rings. The molecule has 0 N–H and O–H groups in total. The molecule has 0 radical (unpaired) electrons. The summed E-state index contributed by atoms with van der Waals surface area (Å²) in [5, 5.41) is 3.93. The van der Waals surface area contributed by atoms with Gasteiger partial charge in [0.2, 0.25) is 10.0 Å². The lowest BCUT2D eigenvalue weighted by Gasteiger charge is -2.30. The van der Waals surface area contributed by atoms with Crippen molar-refractivity contribution in [3.63, 3.8) is 0 Å². The number of sulfonamides is 1.